The van der Waals surface area contributed by atoms with Gasteiger partial charge >= 0.3 is 0 Å². The first-order valence-corrected chi connectivity index (χ1v) is 6.97. The van der Waals surface area contributed by atoms with E-state index >= 15 is 0 Å². The summed E-state index contributed by atoms with van der Waals surface area (Å²) >= 11 is 12.3. The van der Waals surface area contributed by atoms with Crippen LogP contribution in [-0.4, -0.2) is 9.55 Å². The van der Waals surface area contributed by atoms with Gasteiger partial charge in [-0.3, -0.25) is 0 Å². The summed E-state index contributed by atoms with van der Waals surface area (Å²) in [6, 6.07) is 11.4. The van der Waals surface area contributed by atoms with E-state index in [0.717, 1.165) is 28.0 Å². The standard InChI is InChI=1S/C15H13Cl2N3/c1-20-13-4-2-3-9(8-18)14(13)19-15(20)11-7-10(16)5-6-12(11)17/h2-7H,8,18H2,1H3. The number of rotatable bonds is 2. The Bertz CT molecular complexity index is 793. The molecule has 3 rings (SSSR count). The molecule has 0 fully saturated rings. The van der Waals surface area contributed by atoms with Crippen LogP contribution in [0.2, 0.25) is 10.0 Å². The molecule has 1 heterocycles. The molecule has 0 saturated carbocycles. The fourth-order valence-electron chi connectivity index (χ4n) is 2.35. The van der Waals surface area contributed by atoms with Gasteiger partial charge in [0.25, 0.3) is 0 Å². The maximum absolute atomic E-state index is 6.27. The topological polar surface area (TPSA) is 43.8 Å². The van der Waals surface area contributed by atoms with Crippen LogP contribution in [0, 0.1) is 0 Å². The monoisotopic (exact) mass is 305 g/mol. The highest BCUT2D eigenvalue weighted by atomic mass is 35.5. The average Bonchev–Trinajstić information content (AvgIpc) is 2.79. The third-order valence-corrected chi connectivity index (χ3v) is 3.95. The molecule has 0 bridgehead atoms. The van der Waals surface area contributed by atoms with Gasteiger partial charge in [0.1, 0.15) is 5.82 Å². The molecule has 0 aliphatic rings. The molecule has 0 atom stereocenters. The fourth-order valence-corrected chi connectivity index (χ4v) is 2.72. The number of hydrogen-bond donors (Lipinski definition) is 1. The summed E-state index contributed by atoms with van der Waals surface area (Å²) in [4.78, 5) is 4.70. The Morgan fingerprint density at radius 1 is 1.20 bits per heavy atom. The average molecular weight is 306 g/mol. The van der Waals surface area contributed by atoms with Crippen LogP contribution in [-0.2, 0) is 13.6 Å². The number of halogens is 2. The molecule has 2 aromatic carbocycles. The Labute approximate surface area is 126 Å². The third-order valence-electron chi connectivity index (χ3n) is 3.38. The molecule has 0 saturated heterocycles. The first-order chi connectivity index (χ1) is 9.61. The van der Waals surface area contributed by atoms with Crippen molar-refractivity contribution in [3.05, 3.63) is 52.0 Å². The predicted octanol–water partition coefficient (Wildman–Crippen LogP) is 4.01. The summed E-state index contributed by atoms with van der Waals surface area (Å²) in [6.45, 7) is 0.455. The van der Waals surface area contributed by atoms with E-state index in [1.807, 2.05) is 35.9 Å². The van der Waals surface area contributed by atoms with Gasteiger partial charge in [0, 0.05) is 24.2 Å². The van der Waals surface area contributed by atoms with Crippen LogP contribution in [0.3, 0.4) is 0 Å². The first-order valence-electron chi connectivity index (χ1n) is 6.21. The maximum atomic E-state index is 6.27. The molecule has 5 heteroatoms. The number of aryl methyl sites for hydroxylation is 1. The van der Waals surface area contributed by atoms with Crippen molar-refractivity contribution in [1.29, 1.82) is 0 Å². The van der Waals surface area contributed by atoms with Gasteiger partial charge < -0.3 is 10.3 Å². The summed E-state index contributed by atoms with van der Waals surface area (Å²) in [7, 11) is 1.96. The van der Waals surface area contributed by atoms with Gasteiger partial charge in [-0.05, 0) is 29.8 Å². The Kier molecular flexibility index (Phi) is 3.42. The van der Waals surface area contributed by atoms with Crippen molar-refractivity contribution in [2.24, 2.45) is 12.8 Å². The largest absolute Gasteiger partial charge is 0.327 e. The fraction of sp³-hybridized carbons (Fsp3) is 0.133. The van der Waals surface area contributed by atoms with Crippen LogP contribution >= 0.6 is 23.2 Å². The summed E-state index contributed by atoms with van der Waals surface area (Å²) in [5.41, 5.74) is 9.54. The van der Waals surface area contributed by atoms with Crippen LogP contribution in [0.4, 0.5) is 0 Å². The van der Waals surface area contributed by atoms with Gasteiger partial charge in [-0.1, -0.05) is 35.3 Å². The van der Waals surface area contributed by atoms with Crippen molar-refractivity contribution >= 4 is 34.2 Å². The van der Waals surface area contributed by atoms with Crippen LogP contribution < -0.4 is 5.73 Å². The van der Waals surface area contributed by atoms with E-state index in [9.17, 15) is 0 Å². The second-order valence-electron chi connectivity index (χ2n) is 4.61. The summed E-state index contributed by atoms with van der Waals surface area (Å²) in [6.07, 6.45) is 0. The molecule has 0 unspecified atom stereocenters. The highest BCUT2D eigenvalue weighted by molar-refractivity contribution is 6.35. The highest BCUT2D eigenvalue weighted by Gasteiger charge is 2.14. The molecule has 2 N–H and O–H groups in total. The predicted molar refractivity (Wildman–Crippen MR) is 84.1 cm³/mol. The Hall–Kier alpha value is -1.55. The van der Waals surface area contributed by atoms with E-state index in [-0.39, 0.29) is 0 Å². The van der Waals surface area contributed by atoms with E-state index in [1.54, 1.807) is 12.1 Å². The number of hydrogen-bond acceptors (Lipinski definition) is 2. The molecule has 0 aliphatic carbocycles. The lowest BCUT2D eigenvalue weighted by Gasteiger charge is -2.05. The van der Waals surface area contributed by atoms with Crippen LogP contribution in [0.15, 0.2) is 36.4 Å². The highest BCUT2D eigenvalue weighted by Crippen LogP contribution is 2.32. The number of nitrogens with two attached hydrogens (primary N) is 1. The van der Waals surface area contributed by atoms with Gasteiger partial charge in [-0.2, -0.15) is 0 Å². The van der Waals surface area contributed by atoms with Crippen molar-refractivity contribution in [2.45, 2.75) is 6.54 Å². The molecule has 3 aromatic rings. The van der Waals surface area contributed by atoms with Gasteiger partial charge in [0.05, 0.1) is 16.1 Å². The van der Waals surface area contributed by atoms with E-state index < -0.39 is 0 Å². The van der Waals surface area contributed by atoms with Gasteiger partial charge in [0.2, 0.25) is 0 Å². The second-order valence-corrected chi connectivity index (χ2v) is 5.45. The van der Waals surface area contributed by atoms with E-state index in [1.165, 1.54) is 0 Å². The van der Waals surface area contributed by atoms with Crippen molar-refractivity contribution in [1.82, 2.24) is 9.55 Å². The normalized spacial score (nSPS) is 11.2. The number of imidazole rings is 1. The summed E-state index contributed by atoms with van der Waals surface area (Å²) in [5.74, 6) is 0.786. The Morgan fingerprint density at radius 2 is 2.00 bits per heavy atom. The zero-order valence-electron chi connectivity index (χ0n) is 10.9. The number of nitrogens with zero attached hydrogens (tertiary/aromatic N) is 2. The number of para-hydroxylation sites is 1. The molecule has 20 heavy (non-hydrogen) atoms. The Morgan fingerprint density at radius 3 is 2.75 bits per heavy atom. The van der Waals surface area contributed by atoms with Crippen LogP contribution in [0.5, 0.6) is 0 Å². The van der Waals surface area contributed by atoms with Crippen molar-refractivity contribution < 1.29 is 0 Å². The molecule has 3 nitrogen and oxygen atoms in total. The first kappa shape index (κ1) is 13.4. The Balaban J connectivity index is 2.32. The molecular formula is C15H13Cl2N3. The molecule has 102 valence electrons. The third kappa shape index (κ3) is 2.08. The smallest absolute Gasteiger partial charge is 0.142 e. The SMILES string of the molecule is Cn1c(-c2cc(Cl)ccc2Cl)nc2c(CN)cccc21. The zero-order valence-corrected chi connectivity index (χ0v) is 12.4. The number of aromatic nitrogens is 2. The molecule has 0 aliphatic heterocycles. The minimum atomic E-state index is 0.455. The lowest BCUT2D eigenvalue weighted by atomic mass is 10.2. The minimum Gasteiger partial charge on any atom is -0.327 e. The number of benzene rings is 2. The maximum Gasteiger partial charge on any atom is 0.142 e. The van der Waals surface area contributed by atoms with Gasteiger partial charge in [-0.15, -0.1) is 0 Å². The summed E-state index contributed by atoms with van der Waals surface area (Å²) in [5, 5.41) is 1.26. The summed E-state index contributed by atoms with van der Waals surface area (Å²) < 4.78 is 2.01. The van der Waals surface area contributed by atoms with Crippen molar-refractivity contribution in [2.75, 3.05) is 0 Å². The lowest BCUT2D eigenvalue weighted by molar-refractivity contribution is 0.959. The molecule has 1 aromatic heterocycles. The van der Waals surface area contributed by atoms with Gasteiger partial charge in [-0.25, -0.2) is 4.98 Å². The molecule has 0 spiro atoms. The molecular weight excluding hydrogens is 293 g/mol. The lowest BCUT2D eigenvalue weighted by Crippen LogP contribution is -1.97. The molecule has 0 amide bonds. The van der Waals surface area contributed by atoms with Crippen molar-refractivity contribution in [3.63, 3.8) is 0 Å². The van der Waals surface area contributed by atoms with E-state index in [2.05, 4.69) is 0 Å². The second kappa shape index (κ2) is 5.09. The van der Waals surface area contributed by atoms with Crippen molar-refractivity contribution in [3.8, 4) is 11.4 Å². The van der Waals surface area contributed by atoms with Crippen LogP contribution in [0.25, 0.3) is 22.4 Å². The van der Waals surface area contributed by atoms with Crippen LogP contribution in [0.1, 0.15) is 5.56 Å². The quantitative estimate of drug-likeness (QED) is 0.777. The van der Waals surface area contributed by atoms with Gasteiger partial charge in [0.15, 0.2) is 0 Å². The zero-order chi connectivity index (χ0) is 14.3. The van der Waals surface area contributed by atoms with E-state index in [4.69, 9.17) is 33.9 Å². The minimum absolute atomic E-state index is 0.455. The van der Waals surface area contributed by atoms with E-state index in [0.29, 0.717) is 16.6 Å². The molecule has 0 radical (unpaired) electrons. The number of fused-ring (bicyclic) bond motifs is 1.